The number of rotatable bonds is 0. The predicted octanol–water partition coefficient (Wildman–Crippen LogP) is -2.12. The van der Waals surface area contributed by atoms with Crippen molar-refractivity contribution in [2.75, 3.05) is 0 Å². The molecule has 8 nitrogen and oxygen atoms in total. The van der Waals surface area contributed by atoms with Crippen molar-refractivity contribution in [3.63, 3.8) is 0 Å². The normalized spacial score (nSPS) is 5.27. The molecule has 0 saturated heterocycles. The van der Waals surface area contributed by atoms with Gasteiger partial charge in [-0.05, 0) is 0 Å². The van der Waals surface area contributed by atoms with Crippen LogP contribution >= 0.6 is 0 Å². The van der Waals surface area contributed by atoms with E-state index < -0.39 is 10.4 Å². The molecule has 6 N–H and O–H groups in total. The molecule has 0 aliphatic heterocycles. The Morgan fingerprint density at radius 3 is 0.727 bits per heavy atom. The van der Waals surface area contributed by atoms with E-state index in [1.807, 2.05) is 0 Å². The topological polar surface area (TPSA) is 195 Å². The summed E-state index contributed by atoms with van der Waals surface area (Å²) < 4.78 is 31.6. The molecule has 0 radical (unpaired) electrons. The van der Waals surface area contributed by atoms with Crippen LogP contribution in [0.25, 0.3) is 0 Å². The monoisotopic (exact) mass is 214 g/mol. The molecule has 0 heterocycles. The van der Waals surface area contributed by atoms with Crippen molar-refractivity contribution in [3.8, 4) is 0 Å². The van der Waals surface area contributed by atoms with Gasteiger partial charge in [0, 0.05) is 0 Å². The van der Waals surface area contributed by atoms with Crippen LogP contribution < -0.4 is 0 Å². The van der Waals surface area contributed by atoms with E-state index in [-0.39, 0.29) is 68.0 Å². The van der Waals surface area contributed by atoms with Crippen LogP contribution in [-0.2, 0) is 10.4 Å². The van der Waals surface area contributed by atoms with Gasteiger partial charge >= 0.3 is 56.5 Å². The summed E-state index contributed by atoms with van der Waals surface area (Å²) in [7, 11) is -4.67. The summed E-state index contributed by atoms with van der Waals surface area (Å²) in [6.45, 7) is 0. The summed E-state index contributed by atoms with van der Waals surface area (Å²) in [5.41, 5.74) is 0. The third-order valence-electron chi connectivity index (χ3n) is 0. The molecular formula is H6Mg2O8S. The van der Waals surface area contributed by atoms with Crippen LogP contribution in [0.5, 0.6) is 0 Å². The van der Waals surface area contributed by atoms with E-state index in [0.717, 1.165) is 0 Å². The van der Waals surface area contributed by atoms with Gasteiger partial charge in [-0.25, -0.2) is 0 Å². The molecule has 0 aromatic rings. The Bertz CT molecular complexity index is 95.3. The largest absolute Gasteiger partial charge is 2.00 e. The molecule has 0 aliphatic rings. The zero-order valence-electron chi connectivity index (χ0n) is 5.32. The molecule has 0 fully saturated rings. The van der Waals surface area contributed by atoms with Gasteiger partial charge in [-0.1, -0.05) is 0 Å². The van der Waals surface area contributed by atoms with Crippen LogP contribution in [0.3, 0.4) is 0 Å². The van der Waals surface area contributed by atoms with Gasteiger partial charge in [0.1, 0.15) is 0 Å². The van der Waals surface area contributed by atoms with Crippen molar-refractivity contribution >= 4 is 56.5 Å². The zero-order chi connectivity index (χ0) is 4.50. The molecule has 0 spiro atoms. The molecule has 11 heteroatoms. The van der Waals surface area contributed by atoms with Gasteiger partial charge in [0.25, 0.3) is 0 Å². The first-order valence-corrected chi connectivity index (χ1v) is 2.10. The first-order valence-electron chi connectivity index (χ1n) is 0.698. The first-order chi connectivity index (χ1) is 2.00. The molecule has 0 amide bonds. The van der Waals surface area contributed by atoms with Crippen LogP contribution in [-0.4, -0.2) is 85.5 Å². The smallest absolute Gasteiger partial charge is 0.870 e. The fourth-order valence-corrected chi connectivity index (χ4v) is 0. The molecule has 0 aliphatic carbocycles. The third-order valence-corrected chi connectivity index (χ3v) is 0. The van der Waals surface area contributed by atoms with Crippen LogP contribution in [0.15, 0.2) is 0 Å². The van der Waals surface area contributed by atoms with E-state index in [0.29, 0.717) is 0 Å². The van der Waals surface area contributed by atoms with Crippen molar-refractivity contribution in [2.45, 2.75) is 0 Å². The molecule has 0 aromatic carbocycles. The maximum absolute atomic E-state index is 8.74. The Kier molecular flexibility index (Phi) is 115. The minimum atomic E-state index is -4.67. The molecule has 64 valence electrons. The molecule has 0 atom stereocenters. The summed E-state index contributed by atoms with van der Waals surface area (Å²) in [6, 6.07) is 0. The average Bonchev–Trinajstić information content (AvgIpc) is 0.722. The second kappa shape index (κ2) is 22.5. The van der Waals surface area contributed by atoms with Gasteiger partial charge in [-0.2, -0.15) is 8.42 Å². The van der Waals surface area contributed by atoms with Crippen molar-refractivity contribution in [1.29, 1.82) is 0 Å². The molecule has 11 heavy (non-hydrogen) atoms. The second-order valence-electron chi connectivity index (χ2n) is 0.448. The fraction of sp³-hybridized carbons (Fsp3) is 0. The molecule has 0 bridgehead atoms. The quantitative estimate of drug-likeness (QED) is 0.337. The minimum absolute atomic E-state index is 0. The van der Waals surface area contributed by atoms with Gasteiger partial charge in [0.15, 0.2) is 0 Å². The Hall–Kier alpha value is 1.24. The van der Waals surface area contributed by atoms with E-state index in [4.69, 9.17) is 17.5 Å². The van der Waals surface area contributed by atoms with Gasteiger partial charge in [-0.3, -0.25) is 9.11 Å². The minimum Gasteiger partial charge on any atom is -0.870 e. The Labute approximate surface area is 95.5 Å². The van der Waals surface area contributed by atoms with Crippen LogP contribution in [0.2, 0.25) is 0 Å². The first kappa shape index (κ1) is 56.3. The number of hydrogen-bond acceptors (Lipinski definition) is 6. The van der Waals surface area contributed by atoms with E-state index in [1.165, 1.54) is 0 Å². The van der Waals surface area contributed by atoms with Gasteiger partial charge in [-0.15, -0.1) is 0 Å². The van der Waals surface area contributed by atoms with Gasteiger partial charge in [0.05, 0.1) is 0 Å². The summed E-state index contributed by atoms with van der Waals surface area (Å²) in [5, 5.41) is 0. The van der Waals surface area contributed by atoms with Crippen LogP contribution in [0.4, 0.5) is 0 Å². The molecular weight excluding hydrogens is 209 g/mol. The van der Waals surface area contributed by atoms with Crippen molar-refractivity contribution in [3.05, 3.63) is 0 Å². The maximum Gasteiger partial charge on any atom is 2.00 e. The fourth-order valence-electron chi connectivity index (χ4n) is 0. The standard InChI is InChI=1S/2Mg.H2O4S.4H2O/c;;1-5(2,3)4;;;;/h;;(H2,1,2,3,4);4*1H2/q2*+2;;;;;/p-4. The summed E-state index contributed by atoms with van der Waals surface area (Å²) in [4.78, 5) is 0. The van der Waals surface area contributed by atoms with Crippen molar-refractivity contribution < 1.29 is 39.4 Å². The van der Waals surface area contributed by atoms with Gasteiger partial charge in [0.2, 0.25) is 0 Å². The Balaban J connectivity index is -0.00000000533. The summed E-state index contributed by atoms with van der Waals surface area (Å²) in [5.74, 6) is 0. The average molecular weight is 215 g/mol. The van der Waals surface area contributed by atoms with E-state index >= 15 is 0 Å². The van der Waals surface area contributed by atoms with Crippen molar-refractivity contribution in [1.82, 2.24) is 0 Å². The van der Waals surface area contributed by atoms with E-state index in [1.54, 1.807) is 0 Å². The van der Waals surface area contributed by atoms with E-state index in [9.17, 15) is 0 Å². The summed E-state index contributed by atoms with van der Waals surface area (Å²) >= 11 is 0. The SMILES string of the molecule is O=S(=O)(O)O.[Mg+2].[Mg+2].[OH-].[OH-].[OH-].[OH-]. The second-order valence-corrected chi connectivity index (χ2v) is 1.34. The predicted molar refractivity (Wildman–Crippen MR) is 33.4 cm³/mol. The van der Waals surface area contributed by atoms with Crippen molar-refractivity contribution in [2.24, 2.45) is 0 Å². The molecule has 0 saturated carbocycles. The van der Waals surface area contributed by atoms with E-state index in [2.05, 4.69) is 0 Å². The van der Waals surface area contributed by atoms with Crippen LogP contribution in [0.1, 0.15) is 0 Å². The molecule has 0 aromatic heterocycles. The Morgan fingerprint density at radius 1 is 0.727 bits per heavy atom. The number of hydrogen-bond donors (Lipinski definition) is 2. The maximum atomic E-state index is 8.74. The van der Waals surface area contributed by atoms with Gasteiger partial charge < -0.3 is 21.9 Å². The summed E-state index contributed by atoms with van der Waals surface area (Å²) in [6.07, 6.45) is 0. The van der Waals surface area contributed by atoms with Crippen LogP contribution in [0, 0.1) is 0 Å². The molecule has 0 unspecified atom stereocenters. The third kappa shape index (κ3) is 622. The Morgan fingerprint density at radius 2 is 0.727 bits per heavy atom. The molecule has 0 rings (SSSR count). The zero-order valence-corrected chi connectivity index (χ0v) is 8.97.